The summed E-state index contributed by atoms with van der Waals surface area (Å²) in [7, 11) is 0. The molecule has 2 heterocycles. The number of rotatable bonds is 5. The Bertz CT molecular complexity index is 835. The van der Waals surface area contributed by atoms with Gasteiger partial charge in [-0.25, -0.2) is 4.39 Å². The molecule has 2 aliphatic rings. The number of aromatic nitrogens is 2. The van der Waals surface area contributed by atoms with Crippen LogP contribution >= 0.6 is 11.6 Å². The number of nitrogens with zero attached hydrogens (tertiary/aromatic N) is 3. The lowest BCUT2D eigenvalue weighted by Crippen LogP contribution is -2.28. The standard InChI is InChI=1S/C23H30ClFN4/c1-23(2,3)8-9-29-13-15-10-18(11-16(15)14-29)26-22-7-6-21(27-28-22)19-5-4-17(25)12-20(19)24/h4-7,12,15-16,18H,8-11,13-14H2,1-3H3,(H,26,28)/t15-,16+,18+. The van der Waals surface area contributed by atoms with Crippen molar-refractivity contribution in [1.29, 1.82) is 0 Å². The van der Waals surface area contributed by atoms with Gasteiger partial charge in [0.05, 0.1) is 10.7 Å². The van der Waals surface area contributed by atoms with Crippen LogP contribution < -0.4 is 5.32 Å². The number of benzene rings is 1. The molecule has 1 saturated carbocycles. The van der Waals surface area contributed by atoms with Gasteiger partial charge < -0.3 is 10.2 Å². The first-order valence-electron chi connectivity index (χ1n) is 10.5. The monoisotopic (exact) mass is 416 g/mol. The number of nitrogens with one attached hydrogen (secondary N) is 1. The van der Waals surface area contributed by atoms with E-state index in [1.165, 1.54) is 51.0 Å². The molecular formula is C23H30ClFN4. The van der Waals surface area contributed by atoms with E-state index in [4.69, 9.17) is 11.6 Å². The van der Waals surface area contributed by atoms with Gasteiger partial charge in [-0.3, -0.25) is 0 Å². The van der Waals surface area contributed by atoms with Gasteiger partial charge in [-0.05, 0) is 73.4 Å². The van der Waals surface area contributed by atoms with Crippen molar-refractivity contribution in [2.24, 2.45) is 17.3 Å². The van der Waals surface area contributed by atoms with Crippen LogP contribution in [0.4, 0.5) is 10.2 Å². The zero-order valence-corrected chi connectivity index (χ0v) is 18.2. The fourth-order valence-corrected chi connectivity index (χ4v) is 4.91. The Hall–Kier alpha value is -1.72. The molecule has 4 rings (SSSR count). The molecule has 1 aliphatic carbocycles. The van der Waals surface area contributed by atoms with E-state index in [0.29, 0.717) is 27.7 Å². The van der Waals surface area contributed by atoms with Crippen LogP contribution in [0.2, 0.25) is 5.02 Å². The maximum absolute atomic E-state index is 13.2. The van der Waals surface area contributed by atoms with E-state index in [2.05, 4.69) is 41.2 Å². The molecular weight excluding hydrogens is 387 g/mol. The number of hydrogen-bond acceptors (Lipinski definition) is 4. The van der Waals surface area contributed by atoms with Crippen LogP contribution in [0.15, 0.2) is 30.3 Å². The van der Waals surface area contributed by atoms with Crippen molar-refractivity contribution in [3.63, 3.8) is 0 Å². The molecule has 156 valence electrons. The summed E-state index contributed by atoms with van der Waals surface area (Å²) in [6.07, 6.45) is 3.65. The SMILES string of the molecule is CC(C)(C)CCN1C[C@H]2C[C@H](Nc3ccc(-c4ccc(F)cc4Cl)nn3)C[C@H]2C1. The van der Waals surface area contributed by atoms with Gasteiger partial charge in [0.2, 0.25) is 0 Å². The Balaban J connectivity index is 1.30. The molecule has 0 spiro atoms. The largest absolute Gasteiger partial charge is 0.366 e. The summed E-state index contributed by atoms with van der Waals surface area (Å²) >= 11 is 6.13. The average Bonchev–Trinajstić information content (AvgIpc) is 3.18. The quantitative estimate of drug-likeness (QED) is 0.699. The highest BCUT2D eigenvalue weighted by molar-refractivity contribution is 6.33. The highest BCUT2D eigenvalue weighted by Gasteiger charge is 2.40. The van der Waals surface area contributed by atoms with E-state index in [0.717, 1.165) is 17.7 Å². The molecule has 1 aromatic heterocycles. The maximum Gasteiger partial charge on any atom is 0.148 e. The van der Waals surface area contributed by atoms with Gasteiger partial charge in [0.15, 0.2) is 0 Å². The minimum Gasteiger partial charge on any atom is -0.366 e. The van der Waals surface area contributed by atoms with Crippen LogP contribution in [0.3, 0.4) is 0 Å². The topological polar surface area (TPSA) is 41.0 Å². The molecule has 0 radical (unpaired) electrons. The molecule has 0 amide bonds. The van der Waals surface area contributed by atoms with Gasteiger partial charge in [-0.1, -0.05) is 32.4 Å². The average molecular weight is 417 g/mol. The molecule has 2 aromatic rings. The lowest BCUT2D eigenvalue weighted by Gasteiger charge is -2.24. The van der Waals surface area contributed by atoms with Gasteiger partial charge in [-0.2, -0.15) is 0 Å². The first-order valence-corrected chi connectivity index (χ1v) is 10.9. The first-order chi connectivity index (χ1) is 13.8. The van der Waals surface area contributed by atoms with Gasteiger partial charge in [0.1, 0.15) is 11.6 Å². The summed E-state index contributed by atoms with van der Waals surface area (Å²) in [5.74, 6) is 2.02. The Labute approximate surface area is 177 Å². The Morgan fingerprint density at radius 3 is 2.41 bits per heavy atom. The molecule has 3 atom stereocenters. The number of anilines is 1. The predicted octanol–water partition coefficient (Wildman–Crippen LogP) is 5.49. The number of likely N-dealkylation sites (tertiary alicyclic amines) is 1. The molecule has 0 bridgehead atoms. The minimum atomic E-state index is -0.353. The van der Waals surface area contributed by atoms with Crippen molar-refractivity contribution in [3.8, 4) is 11.3 Å². The van der Waals surface area contributed by atoms with Crippen LogP contribution in [-0.2, 0) is 0 Å². The van der Waals surface area contributed by atoms with Crippen molar-refractivity contribution in [1.82, 2.24) is 15.1 Å². The second-order valence-electron chi connectivity index (χ2n) is 9.83. The fourth-order valence-electron chi connectivity index (χ4n) is 4.65. The third-order valence-corrected chi connectivity index (χ3v) is 6.54. The van der Waals surface area contributed by atoms with Crippen LogP contribution in [0.1, 0.15) is 40.0 Å². The lowest BCUT2D eigenvalue weighted by atomic mass is 9.92. The third-order valence-electron chi connectivity index (χ3n) is 6.23. The smallest absolute Gasteiger partial charge is 0.148 e. The highest BCUT2D eigenvalue weighted by atomic mass is 35.5. The molecule has 1 saturated heterocycles. The Morgan fingerprint density at radius 1 is 1.10 bits per heavy atom. The van der Waals surface area contributed by atoms with E-state index >= 15 is 0 Å². The van der Waals surface area contributed by atoms with E-state index in [1.807, 2.05) is 12.1 Å². The third kappa shape index (κ3) is 5.07. The number of fused-ring (bicyclic) bond motifs is 1. The van der Waals surface area contributed by atoms with Gasteiger partial charge >= 0.3 is 0 Å². The Morgan fingerprint density at radius 2 is 1.83 bits per heavy atom. The van der Waals surface area contributed by atoms with E-state index in [1.54, 1.807) is 6.07 Å². The second-order valence-corrected chi connectivity index (χ2v) is 10.2. The summed E-state index contributed by atoms with van der Waals surface area (Å²) in [4.78, 5) is 2.65. The lowest BCUT2D eigenvalue weighted by molar-refractivity contribution is 0.250. The van der Waals surface area contributed by atoms with Crippen molar-refractivity contribution >= 4 is 17.4 Å². The van der Waals surface area contributed by atoms with E-state index in [-0.39, 0.29) is 5.82 Å². The van der Waals surface area contributed by atoms with Crippen LogP contribution in [0.25, 0.3) is 11.3 Å². The second kappa shape index (κ2) is 8.19. The molecule has 29 heavy (non-hydrogen) atoms. The summed E-state index contributed by atoms with van der Waals surface area (Å²) < 4.78 is 13.2. The maximum atomic E-state index is 13.2. The van der Waals surface area contributed by atoms with Crippen molar-refractivity contribution in [2.45, 2.75) is 46.1 Å². The van der Waals surface area contributed by atoms with Crippen LogP contribution in [0.5, 0.6) is 0 Å². The molecule has 0 unspecified atom stereocenters. The van der Waals surface area contributed by atoms with E-state index < -0.39 is 0 Å². The molecule has 2 fully saturated rings. The zero-order valence-electron chi connectivity index (χ0n) is 17.5. The highest BCUT2D eigenvalue weighted by Crippen LogP contribution is 2.39. The molecule has 1 aromatic carbocycles. The zero-order chi connectivity index (χ0) is 20.6. The van der Waals surface area contributed by atoms with Crippen LogP contribution in [0, 0.1) is 23.1 Å². The summed E-state index contributed by atoms with van der Waals surface area (Å²) in [6, 6.07) is 8.61. The summed E-state index contributed by atoms with van der Waals surface area (Å²) in [5.41, 5.74) is 1.75. The minimum absolute atomic E-state index is 0.347. The molecule has 1 aliphatic heterocycles. The molecule has 1 N–H and O–H groups in total. The van der Waals surface area contributed by atoms with Crippen molar-refractivity contribution in [3.05, 3.63) is 41.2 Å². The molecule has 4 nitrogen and oxygen atoms in total. The first kappa shape index (κ1) is 20.5. The predicted molar refractivity (Wildman–Crippen MR) is 117 cm³/mol. The van der Waals surface area contributed by atoms with E-state index in [9.17, 15) is 4.39 Å². The molecule has 6 heteroatoms. The van der Waals surface area contributed by atoms with Gasteiger partial charge in [0, 0.05) is 24.7 Å². The Kier molecular flexibility index (Phi) is 5.80. The summed E-state index contributed by atoms with van der Waals surface area (Å²) in [6.45, 7) is 10.6. The number of halogens is 2. The van der Waals surface area contributed by atoms with Crippen molar-refractivity contribution in [2.75, 3.05) is 25.0 Å². The summed E-state index contributed by atoms with van der Waals surface area (Å²) in [5, 5.41) is 12.5. The normalized spacial score (nSPS) is 24.7. The number of hydrogen-bond donors (Lipinski definition) is 1. The van der Waals surface area contributed by atoms with Gasteiger partial charge in [0.25, 0.3) is 0 Å². The van der Waals surface area contributed by atoms with Crippen LogP contribution in [-0.4, -0.2) is 40.8 Å². The van der Waals surface area contributed by atoms with Gasteiger partial charge in [-0.15, -0.1) is 10.2 Å². The van der Waals surface area contributed by atoms with Crippen molar-refractivity contribution < 1.29 is 4.39 Å². The fraction of sp³-hybridized carbons (Fsp3) is 0.565.